The largest absolute Gasteiger partial charge is 0.326 e. The predicted molar refractivity (Wildman–Crippen MR) is 65.1 cm³/mol. The first-order valence-corrected chi connectivity index (χ1v) is 6.62. The van der Waals surface area contributed by atoms with Crippen molar-refractivity contribution in [1.29, 1.82) is 0 Å². The maximum absolute atomic E-state index is 13.4. The molecule has 1 aromatic rings. The van der Waals surface area contributed by atoms with Crippen molar-refractivity contribution in [1.82, 2.24) is 0 Å². The van der Waals surface area contributed by atoms with E-state index in [0.29, 0.717) is 0 Å². The van der Waals surface area contributed by atoms with Gasteiger partial charge in [-0.05, 0) is 17.5 Å². The van der Waals surface area contributed by atoms with Crippen molar-refractivity contribution >= 4 is 10.8 Å². The topological polar surface area (TPSA) is 43.1 Å². The molecule has 0 amide bonds. The van der Waals surface area contributed by atoms with Gasteiger partial charge in [-0.15, -0.1) is 0 Å². The average molecular weight is 261 g/mol. The summed E-state index contributed by atoms with van der Waals surface area (Å²) >= 11 is 0. The van der Waals surface area contributed by atoms with Crippen LogP contribution < -0.4 is 5.73 Å². The summed E-state index contributed by atoms with van der Waals surface area (Å²) in [6.07, 6.45) is 0. The third kappa shape index (κ3) is 3.85. The van der Waals surface area contributed by atoms with Gasteiger partial charge in [0.05, 0.1) is 15.7 Å². The summed E-state index contributed by atoms with van der Waals surface area (Å²) in [4.78, 5) is 0.00565. The van der Waals surface area contributed by atoms with Crippen molar-refractivity contribution in [3.8, 4) is 0 Å². The maximum Gasteiger partial charge on any atom is 0.142 e. The van der Waals surface area contributed by atoms with Crippen LogP contribution in [-0.2, 0) is 10.8 Å². The first-order chi connectivity index (χ1) is 7.71. The quantitative estimate of drug-likeness (QED) is 0.908. The fourth-order valence-electron chi connectivity index (χ4n) is 1.16. The molecule has 2 unspecified atom stereocenters. The van der Waals surface area contributed by atoms with Crippen LogP contribution in [0.2, 0.25) is 0 Å². The van der Waals surface area contributed by atoms with E-state index in [9.17, 15) is 13.0 Å². The molecular weight excluding hydrogens is 244 g/mol. The van der Waals surface area contributed by atoms with Crippen LogP contribution in [0.4, 0.5) is 8.78 Å². The van der Waals surface area contributed by atoms with Crippen LogP contribution >= 0.6 is 0 Å². The van der Waals surface area contributed by atoms with Gasteiger partial charge in [-0.1, -0.05) is 20.8 Å². The van der Waals surface area contributed by atoms with E-state index in [-0.39, 0.29) is 22.1 Å². The van der Waals surface area contributed by atoms with Crippen molar-refractivity contribution < 1.29 is 13.0 Å². The van der Waals surface area contributed by atoms with Crippen LogP contribution in [0.15, 0.2) is 23.1 Å². The van der Waals surface area contributed by atoms with Crippen molar-refractivity contribution in [3.05, 3.63) is 29.8 Å². The van der Waals surface area contributed by atoms with Gasteiger partial charge in [-0.2, -0.15) is 0 Å². The monoisotopic (exact) mass is 261 g/mol. The van der Waals surface area contributed by atoms with E-state index in [2.05, 4.69) is 0 Å². The fraction of sp³-hybridized carbons (Fsp3) is 0.500. The molecule has 2 nitrogen and oxygen atoms in total. The fourth-order valence-corrected chi connectivity index (χ4v) is 2.66. The highest BCUT2D eigenvalue weighted by molar-refractivity contribution is 7.85. The number of hydrogen-bond donors (Lipinski definition) is 1. The minimum atomic E-state index is -1.55. The van der Waals surface area contributed by atoms with Gasteiger partial charge in [0.25, 0.3) is 0 Å². The normalized spacial score (nSPS) is 15.6. The van der Waals surface area contributed by atoms with Gasteiger partial charge in [-0.3, -0.25) is 4.21 Å². The summed E-state index contributed by atoms with van der Waals surface area (Å²) in [6, 6.07) is 2.72. The third-order valence-corrected chi connectivity index (χ3v) is 4.07. The molecule has 0 aliphatic rings. The smallest absolute Gasteiger partial charge is 0.142 e. The molecular formula is C12H17F2NOS. The summed E-state index contributed by atoms with van der Waals surface area (Å²) in [5.74, 6) is -1.31. The Labute approximate surface area is 103 Å². The molecule has 2 N–H and O–H groups in total. The zero-order chi connectivity index (χ0) is 13.2. The van der Waals surface area contributed by atoms with Crippen molar-refractivity contribution in [2.24, 2.45) is 11.1 Å². The van der Waals surface area contributed by atoms with E-state index >= 15 is 0 Å². The van der Waals surface area contributed by atoms with Gasteiger partial charge in [-0.25, -0.2) is 8.78 Å². The Bertz CT molecular complexity index is 429. The first-order valence-electron chi connectivity index (χ1n) is 5.31. The Morgan fingerprint density at radius 1 is 1.35 bits per heavy atom. The number of benzene rings is 1. The highest BCUT2D eigenvalue weighted by Crippen LogP contribution is 2.21. The van der Waals surface area contributed by atoms with E-state index in [1.54, 1.807) is 0 Å². The Balaban J connectivity index is 2.84. The predicted octanol–water partition coefficient (Wildman–Crippen LogP) is 2.45. The molecule has 0 aromatic heterocycles. The lowest BCUT2D eigenvalue weighted by Gasteiger charge is -2.26. The Morgan fingerprint density at radius 3 is 2.41 bits per heavy atom. The minimum absolute atomic E-state index is 0.00565. The standard InChI is InChI=1S/C12H17F2NOS/c1-12(2,3)11(15)7-17(16)10-5-4-8(13)6-9(10)14/h4-6,11H,7,15H2,1-3H3. The van der Waals surface area contributed by atoms with E-state index in [1.807, 2.05) is 20.8 Å². The van der Waals surface area contributed by atoms with Gasteiger partial charge in [0.2, 0.25) is 0 Å². The lowest BCUT2D eigenvalue weighted by atomic mass is 9.89. The molecule has 0 saturated heterocycles. The molecule has 0 spiro atoms. The summed E-state index contributed by atoms with van der Waals surface area (Å²) in [5.41, 5.74) is 5.68. The first kappa shape index (κ1) is 14.3. The molecule has 1 aromatic carbocycles. The van der Waals surface area contributed by atoms with Crippen molar-refractivity contribution in [2.45, 2.75) is 31.7 Å². The third-order valence-electron chi connectivity index (χ3n) is 2.58. The molecule has 96 valence electrons. The summed E-state index contributed by atoms with van der Waals surface area (Å²) in [5, 5.41) is 0. The van der Waals surface area contributed by atoms with Crippen molar-refractivity contribution in [2.75, 3.05) is 5.75 Å². The van der Waals surface area contributed by atoms with Crippen LogP contribution in [0.5, 0.6) is 0 Å². The lowest BCUT2D eigenvalue weighted by molar-refractivity contribution is 0.342. The van der Waals surface area contributed by atoms with Gasteiger partial charge >= 0.3 is 0 Å². The van der Waals surface area contributed by atoms with E-state index in [4.69, 9.17) is 5.73 Å². The maximum atomic E-state index is 13.4. The van der Waals surface area contributed by atoms with Crippen LogP contribution in [0, 0.1) is 17.0 Å². The second kappa shape index (κ2) is 5.23. The Kier molecular flexibility index (Phi) is 4.38. The Morgan fingerprint density at radius 2 is 1.94 bits per heavy atom. The number of hydrogen-bond acceptors (Lipinski definition) is 2. The van der Waals surface area contributed by atoms with Crippen LogP contribution in [0.3, 0.4) is 0 Å². The summed E-state index contributed by atoms with van der Waals surface area (Å²) < 4.78 is 38.0. The molecule has 0 aliphatic heterocycles. The van der Waals surface area contributed by atoms with Gasteiger partial charge < -0.3 is 5.73 Å². The molecule has 0 aliphatic carbocycles. The zero-order valence-corrected chi connectivity index (χ0v) is 11.0. The molecule has 2 atom stereocenters. The molecule has 0 fully saturated rings. The van der Waals surface area contributed by atoms with Gasteiger partial charge in [0.1, 0.15) is 11.6 Å². The minimum Gasteiger partial charge on any atom is -0.326 e. The average Bonchev–Trinajstić information content (AvgIpc) is 2.15. The second-order valence-corrected chi connectivity index (χ2v) is 6.52. The molecule has 0 bridgehead atoms. The second-order valence-electron chi connectivity index (χ2n) is 5.06. The zero-order valence-electron chi connectivity index (χ0n) is 10.2. The SMILES string of the molecule is CC(C)(C)C(N)CS(=O)c1ccc(F)cc1F. The molecule has 17 heavy (non-hydrogen) atoms. The summed E-state index contributed by atoms with van der Waals surface area (Å²) in [7, 11) is -1.55. The van der Waals surface area contributed by atoms with Crippen molar-refractivity contribution in [3.63, 3.8) is 0 Å². The van der Waals surface area contributed by atoms with E-state index in [1.165, 1.54) is 6.07 Å². The lowest BCUT2D eigenvalue weighted by Crippen LogP contribution is -2.39. The van der Waals surface area contributed by atoms with Crippen LogP contribution in [0.1, 0.15) is 20.8 Å². The van der Waals surface area contributed by atoms with Gasteiger partial charge in [0.15, 0.2) is 0 Å². The number of halogens is 2. The highest BCUT2D eigenvalue weighted by atomic mass is 32.2. The van der Waals surface area contributed by atoms with Gasteiger partial charge in [0, 0.05) is 17.9 Å². The molecule has 5 heteroatoms. The number of nitrogens with two attached hydrogens (primary N) is 1. The Hall–Kier alpha value is -0.810. The molecule has 0 radical (unpaired) electrons. The molecule has 1 rings (SSSR count). The van der Waals surface area contributed by atoms with Crippen LogP contribution in [-0.4, -0.2) is 16.0 Å². The van der Waals surface area contributed by atoms with E-state index < -0.39 is 22.4 Å². The molecule has 0 heterocycles. The summed E-state index contributed by atoms with van der Waals surface area (Å²) in [6.45, 7) is 5.78. The van der Waals surface area contributed by atoms with Crippen LogP contribution in [0.25, 0.3) is 0 Å². The molecule has 0 saturated carbocycles. The number of rotatable bonds is 3. The van der Waals surface area contributed by atoms with E-state index in [0.717, 1.165) is 12.1 Å². The highest BCUT2D eigenvalue weighted by Gasteiger charge is 2.24.